The number of fused-ring (bicyclic) bond motifs is 1. The molecule has 1 amide bonds. The lowest BCUT2D eigenvalue weighted by Gasteiger charge is -1.99. The number of nitrogens with zero attached hydrogens (tertiary/aromatic N) is 1. The second kappa shape index (κ2) is 7.64. The summed E-state index contributed by atoms with van der Waals surface area (Å²) in [4.78, 5) is 18.7. The molecule has 0 saturated heterocycles. The van der Waals surface area contributed by atoms with E-state index < -0.39 is 0 Å². The van der Waals surface area contributed by atoms with Gasteiger partial charge in [0.2, 0.25) is 5.91 Å². The van der Waals surface area contributed by atoms with Gasteiger partial charge in [-0.1, -0.05) is 12.8 Å². The Morgan fingerprint density at radius 3 is 2.86 bits per heavy atom. The third-order valence-electron chi connectivity index (χ3n) is 3.51. The number of carbonyl (C=O) groups is 1. The molecular formula is C15H22N4O2. The van der Waals surface area contributed by atoms with E-state index in [1.807, 2.05) is 19.2 Å². The number of nitrogens with one attached hydrogen (secondary N) is 3. The lowest BCUT2D eigenvalue weighted by molar-refractivity contribution is -0.129. The molecule has 1 aromatic heterocycles. The summed E-state index contributed by atoms with van der Waals surface area (Å²) in [6.45, 7) is 0. The van der Waals surface area contributed by atoms with Gasteiger partial charge in [0, 0.05) is 25.6 Å². The first-order valence-corrected chi connectivity index (χ1v) is 7.32. The van der Waals surface area contributed by atoms with Crippen molar-refractivity contribution in [3.63, 3.8) is 0 Å². The van der Waals surface area contributed by atoms with Gasteiger partial charge < -0.3 is 10.3 Å². The largest absolute Gasteiger partial charge is 0.388 e. The Kier molecular flexibility index (Phi) is 5.57. The van der Waals surface area contributed by atoms with Gasteiger partial charge in [0.15, 0.2) is 0 Å². The average Bonchev–Trinajstić information content (AvgIpc) is 2.91. The zero-order valence-corrected chi connectivity index (χ0v) is 12.3. The second-order valence-electron chi connectivity index (χ2n) is 5.11. The van der Waals surface area contributed by atoms with Crippen LogP contribution in [0.15, 0.2) is 18.2 Å². The van der Waals surface area contributed by atoms with Crippen LogP contribution in [-0.2, 0) is 11.2 Å². The molecule has 0 bridgehead atoms. The van der Waals surface area contributed by atoms with E-state index >= 15 is 0 Å². The number of hydroxylamine groups is 1. The summed E-state index contributed by atoms with van der Waals surface area (Å²) in [5.74, 6) is 0.693. The number of H-pyrrole nitrogens is 1. The van der Waals surface area contributed by atoms with Crippen LogP contribution in [0.5, 0.6) is 0 Å². The Morgan fingerprint density at radius 2 is 2.10 bits per heavy atom. The molecule has 21 heavy (non-hydrogen) atoms. The van der Waals surface area contributed by atoms with Crippen LogP contribution in [0.1, 0.15) is 37.9 Å². The van der Waals surface area contributed by atoms with Crippen LogP contribution in [0.2, 0.25) is 0 Å². The van der Waals surface area contributed by atoms with Gasteiger partial charge in [-0.05, 0) is 31.0 Å². The number of carbonyl (C=O) groups excluding carboxylic acids is 1. The highest BCUT2D eigenvalue weighted by atomic mass is 16.5. The summed E-state index contributed by atoms with van der Waals surface area (Å²) in [6.07, 6.45) is 5.18. The summed E-state index contributed by atoms with van der Waals surface area (Å²) in [6, 6.07) is 6.08. The summed E-state index contributed by atoms with van der Waals surface area (Å²) < 4.78 is 0. The predicted octanol–water partition coefficient (Wildman–Crippen LogP) is 2.60. The highest BCUT2D eigenvalue weighted by Crippen LogP contribution is 2.17. The van der Waals surface area contributed by atoms with Gasteiger partial charge in [-0.25, -0.2) is 10.5 Å². The van der Waals surface area contributed by atoms with E-state index in [0.717, 1.165) is 54.6 Å². The Balaban J connectivity index is 1.75. The average molecular weight is 290 g/mol. The van der Waals surface area contributed by atoms with E-state index in [9.17, 15) is 4.79 Å². The molecular weight excluding hydrogens is 268 g/mol. The van der Waals surface area contributed by atoms with Crippen molar-refractivity contribution in [3.05, 3.63) is 24.0 Å². The first kappa shape index (κ1) is 15.3. The van der Waals surface area contributed by atoms with Gasteiger partial charge >= 0.3 is 0 Å². The molecule has 0 atom stereocenters. The molecule has 0 unspecified atom stereocenters. The third kappa shape index (κ3) is 4.46. The zero-order chi connectivity index (χ0) is 15.1. The molecule has 1 aromatic carbocycles. The van der Waals surface area contributed by atoms with Crippen molar-refractivity contribution < 1.29 is 10.0 Å². The fourth-order valence-electron chi connectivity index (χ4n) is 2.32. The minimum Gasteiger partial charge on any atom is -0.388 e. The van der Waals surface area contributed by atoms with Crippen molar-refractivity contribution in [3.8, 4) is 0 Å². The fourth-order valence-corrected chi connectivity index (χ4v) is 2.32. The van der Waals surface area contributed by atoms with Crippen LogP contribution in [0.4, 0.5) is 5.69 Å². The fraction of sp³-hybridized carbons (Fsp3) is 0.467. The molecule has 114 valence electrons. The number of rotatable bonds is 8. The second-order valence-corrected chi connectivity index (χ2v) is 5.11. The minimum absolute atomic E-state index is 0.312. The molecule has 4 N–H and O–H groups in total. The maximum atomic E-state index is 10.8. The highest BCUT2D eigenvalue weighted by Gasteiger charge is 2.04. The van der Waals surface area contributed by atoms with E-state index in [4.69, 9.17) is 5.21 Å². The maximum Gasteiger partial charge on any atom is 0.243 e. The van der Waals surface area contributed by atoms with Gasteiger partial charge in [-0.3, -0.25) is 10.0 Å². The number of hydrogen-bond donors (Lipinski definition) is 4. The van der Waals surface area contributed by atoms with E-state index in [2.05, 4.69) is 21.4 Å². The predicted molar refractivity (Wildman–Crippen MR) is 82.4 cm³/mol. The van der Waals surface area contributed by atoms with Gasteiger partial charge in [-0.15, -0.1) is 0 Å². The number of amides is 1. The first-order valence-electron chi connectivity index (χ1n) is 7.32. The number of anilines is 1. The molecule has 0 saturated carbocycles. The Bertz CT molecular complexity index is 594. The molecule has 0 aliphatic carbocycles. The molecule has 0 aliphatic heterocycles. The Morgan fingerprint density at radius 1 is 1.29 bits per heavy atom. The Hall–Kier alpha value is -2.08. The summed E-state index contributed by atoms with van der Waals surface area (Å²) in [5.41, 5.74) is 4.76. The molecule has 0 fully saturated rings. The Labute approximate surface area is 123 Å². The zero-order valence-electron chi connectivity index (χ0n) is 12.3. The minimum atomic E-state index is -0.312. The monoisotopic (exact) mass is 290 g/mol. The van der Waals surface area contributed by atoms with Crippen LogP contribution in [0.3, 0.4) is 0 Å². The molecule has 2 aromatic rings. The van der Waals surface area contributed by atoms with E-state index in [0.29, 0.717) is 6.42 Å². The molecule has 1 heterocycles. The van der Waals surface area contributed by atoms with Crippen molar-refractivity contribution in [2.45, 2.75) is 38.5 Å². The van der Waals surface area contributed by atoms with Crippen molar-refractivity contribution in [2.24, 2.45) is 0 Å². The van der Waals surface area contributed by atoms with Gasteiger partial charge in [-0.2, -0.15) is 0 Å². The van der Waals surface area contributed by atoms with Crippen LogP contribution in [0.25, 0.3) is 11.0 Å². The smallest absolute Gasteiger partial charge is 0.243 e. The first-order chi connectivity index (χ1) is 10.2. The number of aromatic nitrogens is 2. The van der Waals surface area contributed by atoms with Crippen molar-refractivity contribution >= 4 is 22.6 Å². The summed E-state index contributed by atoms with van der Waals surface area (Å²) >= 11 is 0. The van der Waals surface area contributed by atoms with Crippen molar-refractivity contribution in [2.75, 3.05) is 12.4 Å². The van der Waals surface area contributed by atoms with Crippen LogP contribution in [0, 0.1) is 0 Å². The van der Waals surface area contributed by atoms with Crippen LogP contribution >= 0.6 is 0 Å². The van der Waals surface area contributed by atoms with Gasteiger partial charge in [0.25, 0.3) is 0 Å². The van der Waals surface area contributed by atoms with Crippen LogP contribution < -0.4 is 10.8 Å². The van der Waals surface area contributed by atoms with Crippen LogP contribution in [-0.4, -0.2) is 28.1 Å². The van der Waals surface area contributed by atoms with Crippen molar-refractivity contribution in [1.29, 1.82) is 0 Å². The van der Waals surface area contributed by atoms with Gasteiger partial charge in [0.1, 0.15) is 5.82 Å². The molecule has 6 heteroatoms. The van der Waals surface area contributed by atoms with Gasteiger partial charge in [0.05, 0.1) is 11.0 Å². The number of aromatic amines is 1. The number of unbranched alkanes of at least 4 members (excludes halogenated alkanes) is 3. The van der Waals surface area contributed by atoms with E-state index in [-0.39, 0.29) is 5.91 Å². The highest BCUT2D eigenvalue weighted by molar-refractivity contribution is 5.79. The molecule has 2 rings (SSSR count). The summed E-state index contributed by atoms with van der Waals surface area (Å²) in [7, 11) is 1.90. The molecule has 0 spiro atoms. The number of benzene rings is 1. The third-order valence-corrected chi connectivity index (χ3v) is 3.51. The standard InChI is InChI=1S/C15H22N4O2/c1-16-11-8-9-12-13(10-11)18-14(17-12)6-4-2-3-5-7-15(20)19-21/h8-10,16,21H,2-7H2,1H3,(H,17,18)(H,19,20). The van der Waals surface area contributed by atoms with E-state index in [1.165, 1.54) is 0 Å². The number of aryl methyl sites for hydroxylation is 1. The maximum absolute atomic E-state index is 10.8. The lowest BCUT2D eigenvalue weighted by atomic mass is 10.1. The number of hydrogen-bond acceptors (Lipinski definition) is 4. The topological polar surface area (TPSA) is 90.0 Å². The number of imidazole rings is 1. The lowest BCUT2D eigenvalue weighted by Crippen LogP contribution is -2.17. The SMILES string of the molecule is CNc1ccc2nc(CCCCCCC(=O)NO)[nH]c2c1. The quantitative estimate of drug-likeness (QED) is 0.342. The normalized spacial score (nSPS) is 10.8. The molecule has 6 nitrogen and oxygen atoms in total. The van der Waals surface area contributed by atoms with Crippen molar-refractivity contribution in [1.82, 2.24) is 15.4 Å². The molecule has 0 radical (unpaired) electrons. The molecule has 0 aliphatic rings. The summed E-state index contributed by atoms with van der Waals surface area (Å²) in [5, 5.41) is 11.5. The van der Waals surface area contributed by atoms with E-state index in [1.54, 1.807) is 5.48 Å².